The van der Waals surface area contributed by atoms with Gasteiger partial charge in [0, 0.05) is 29.7 Å². The summed E-state index contributed by atoms with van der Waals surface area (Å²) in [5.41, 5.74) is -1.80. The first kappa shape index (κ1) is 19.9. The number of phenolic OH excluding ortho intramolecular Hbond substituents is 4. The van der Waals surface area contributed by atoms with Crippen LogP contribution in [-0.4, -0.2) is 50.9 Å². The lowest BCUT2D eigenvalue weighted by Crippen LogP contribution is -2.22. The van der Waals surface area contributed by atoms with Crippen LogP contribution in [0.2, 0.25) is 0 Å². The summed E-state index contributed by atoms with van der Waals surface area (Å²) in [6.07, 6.45) is 0.323. The molecule has 0 amide bonds. The molecular weight excluding hydrogens is 384 g/mol. The third-order valence-corrected chi connectivity index (χ3v) is 4.63. The third kappa shape index (κ3) is 3.27. The average molecular weight is 400 g/mol. The molecular formula is C20H16O9. The van der Waals surface area contributed by atoms with E-state index >= 15 is 0 Å². The molecule has 0 spiro atoms. The van der Waals surface area contributed by atoms with Crippen molar-refractivity contribution < 1.29 is 44.3 Å². The summed E-state index contributed by atoms with van der Waals surface area (Å²) in [7, 11) is 0. The number of hydrogen-bond acceptors (Lipinski definition) is 9. The van der Waals surface area contributed by atoms with Crippen molar-refractivity contribution >= 4 is 23.8 Å². The Morgan fingerprint density at radius 2 is 1.66 bits per heavy atom. The molecule has 1 aliphatic carbocycles. The Kier molecular flexibility index (Phi) is 4.98. The molecule has 0 heterocycles. The number of benzene rings is 2. The highest BCUT2D eigenvalue weighted by Crippen LogP contribution is 2.45. The molecule has 0 radical (unpaired) electrons. The summed E-state index contributed by atoms with van der Waals surface area (Å²) >= 11 is 0. The molecule has 2 aromatic rings. The van der Waals surface area contributed by atoms with Gasteiger partial charge >= 0.3 is 5.97 Å². The number of carbonyl (C=O) groups is 4. The van der Waals surface area contributed by atoms with E-state index in [1.54, 1.807) is 0 Å². The molecule has 0 saturated carbocycles. The molecule has 150 valence electrons. The maximum atomic E-state index is 12.9. The molecule has 2 aromatic carbocycles. The number of fused-ring (bicyclic) bond motifs is 2. The molecule has 9 nitrogen and oxygen atoms in total. The summed E-state index contributed by atoms with van der Waals surface area (Å²) in [5.74, 6) is -5.90. The van der Waals surface area contributed by atoms with Gasteiger partial charge in [0.1, 0.15) is 29.3 Å². The van der Waals surface area contributed by atoms with Crippen LogP contribution < -0.4 is 0 Å². The minimum Gasteiger partial charge on any atom is -0.508 e. The minimum absolute atomic E-state index is 0.0825. The lowest BCUT2D eigenvalue weighted by Gasteiger charge is -2.23. The number of ether oxygens (including phenoxy) is 1. The molecule has 1 aliphatic rings. The van der Waals surface area contributed by atoms with E-state index < -0.39 is 57.6 Å². The standard InChI is InChI=1S/C20H16O9/c1-8(22)29-3-2-9(7-21)15-14(25)6-12-17(19(15)27)20(28)16-11(18(12)26)4-10(23)5-13(16)24/h4-7,9,23-25,27H,2-3H2,1H3. The number of phenols is 4. The highest BCUT2D eigenvalue weighted by atomic mass is 16.5. The smallest absolute Gasteiger partial charge is 0.302 e. The van der Waals surface area contributed by atoms with Gasteiger partial charge in [0.05, 0.1) is 23.7 Å². The minimum atomic E-state index is -1.13. The predicted octanol–water partition coefficient (Wildman–Crippen LogP) is 1.52. The second-order valence-electron chi connectivity index (χ2n) is 6.50. The highest BCUT2D eigenvalue weighted by molar-refractivity contribution is 6.30. The van der Waals surface area contributed by atoms with Gasteiger partial charge in [-0.05, 0) is 18.6 Å². The van der Waals surface area contributed by atoms with E-state index in [4.69, 9.17) is 4.74 Å². The number of carbonyl (C=O) groups excluding carboxylic acids is 4. The Balaban J connectivity index is 2.15. The van der Waals surface area contributed by atoms with Crippen molar-refractivity contribution in [3.63, 3.8) is 0 Å². The molecule has 0 fully saturated rings. The Morgan fingerprint density at radius 1 is 1.00 bits per heavy atom. The summed E-state index contributed by atoms with van der Waals surface area (Å²) in [5, 5.41) is 40.6. The van der Waals surface area contributed by atoms with Gasteiger partial charge in [-0.25, -0.2) is 0 Å². The number of hydrogen-bond donors (Lipinski definition) is 4. The Labute approximate surface area is 163 Å². The number of ketones is 2. The highest BCUT2D eigenvalue weighted by Gasteiger charge is 2.37. The number of aromatic hydroxyl groups is 4. The van der Waals surface area contributed by atoms with Crippen LogP contribution in [-0.2, 0) is 14.3 Å². The summed E-state index contributed by atoms with van der Waals surface area (Å²) in [6, 6.07) is 2.81. The van der Waals surface area contributed by atoms with E-state index in [2.05, 4.69) is 0 Å². The Hall–Kier alpha value is -3.88. The Bertz CT molecular complexity index is 1070. The van der Waals surface area contributed by atoms with Crippen molar-refractivity contribution in [2.24, 2.45) is 0 Å². The van der Waals surface area contributed by atoms with Crippen LogP contribution in [0.5, 0.6) is 23.0 Å². The van der Waals surface area contributed by atoms with Crippen LogP contribution in [0.3, 0.4) is 0 Å². The monoisotopic (exact) mass is 400 g/mol. The van der Waals surface area contributed by atoms with Crippen LogP contribution in [0.4, 0.5) is 0 Å². The molecule has 3 rings (SSSR count). The lowest BCUT2D eigenvalue weighted by molar-refractivity contribution is -0.141. The fourth-order valence-electron chi connectivity index (χ4n) is 3.35. The van der Waals surface area contributed by atoms with E-state index in [0.29, 0.717) is 6.29 Å². The van der Waals surface area contributed by atoms with Crippen molar-refractivity contribution in [2.45, 2.75) is 19.3 Å². The maximum absolute atomic E-state index is 12.9. The first-order valence-electron chi connectivity index (χ1n) is 8.50. The van der Waals surface area contributed by atoms with E-state index in [-0.39, 0.29) is 29.7 Å². The molecule has 0 bridgehead atoms. The van der Waals surface area contributed by atoms with Crippen molar-refractivity contribution in [2.75, 3.05) is 6.61 Å². The molecule has 1 unspecified atom stereocenters. The van der Waals surface area contributed by atoms with E-state index in [0.717, 1.165) is 18.2 Å². The van der Waals surface area contributed by atoms with Gasteiger partial charge in [-0.15, -0.1) is 0 Å². The van der Waals surface area contributed by atoms with Crippen LogP contribution >= 0.6 is 0 Å². The predicted molar refractivity (Wildman–Crippen MR) is 96.5 cm³/mol. The van der Waals surface area contributed by atoms with E-state index in [9.17, 15) is 39.6 Å². The first-order valence-corrected chi connectivity index (χ1v) is 8.50. The molecule has 29 heavy (non-hydrogen) atoms. The largest absolute Gasteiger partial charge is 0.508 e. The van der Waals surface area contributed by atoms with Crippen molar-refractivity contribution in [1.29, 1.82) is 0 Å². The van der Waals surface area contributed by atoms with Crippen LogP contribution in [0, 0.1) is 0 Å². The maximum Gasteiger partial charge on any atom is 0.302 e. The van der Waals surface area contributed by atoms with Gasteiger partial charge in [0.25, 0.3) is 0 Å². The van der Waals surface area contributed by atoms with Gasteiger partial charge in [-0.1, -0.05) is 0 Å². The number of aldehydes is 1. The van der Waals surface area contributed by atoms with Gasteiger partial charge in [-0.2, -0.15) is 0 Å². The summed E-state index contributed by atoms with van der Waals surface area (Å²) in [6.45, 7) is 1.00. The zero-order valence-electron chi connectivity index (χ0n) is 15.1. The van der Waals surface area contributed by atoms with Crippen molar-refractivity contribution in [3.05, 3.63) is 46.0 Å². The van der Waals surface area contributed by atoms with E-state index in [1.807, 2.05) is 0 Å². The van der Waals surface area contributed by atoms with Gasteiger partial charge in [-0.3, -0.25) is 14.4 Å². The second-order valence-corrected chi connectivity index (χ2v) is 6.50. The first-order chi connectivity index (χ1) is 13.7. The Morgan fingerprint density at radius 3 is 2.28 bits per heavy atom. The number of rotatable bonds is 5. The zero-order chi connectivity index (χ0) is 21.5. The summed E-state index contributed by atoms with van der Waals surface area (Å²) in [4.78, 5) is 48.0. The fourth-order valence-corrected chi connectivity index (χ4v) is 3.35. The quantitative estimate of drug-likeness (QED) is 0.368. The normalized spacial score (nSPS) is 13.4. The third-order valence-electron chi connectivity index (χ3n) is 4.63. The fraction of sp³-hybridized carbons (Fsp3) is 0.200. The van der Waals surface area contributed by atoms with Crippen molar-refractivity contribution in [1.82, 2.24) is 0 Å². The van der Waals surface area contributed by atoms with Crippen molar-refractivity contribution in [3.8, 4) is 23.0 Å². The van der Waals surface area contributed by atoms with Gasteiger partial charge < -0.3 is 30.0 Å². The van der Waals surface area contributed by atoms with Crippen LogP contribution in [0.1, 0.15) is 56.7 Å². The molecule has 4 N–H and O–H groups in total. The topological polar surface area (TPSA) is 158 Å². The van der Waals surface area contributed by atoms with Crippen LogP contribution in [0.25, 0.3) is 0 Å². The zero-order valence-corrected chi connectivity index (χ0v) is 15.1. The van der Waals surface area contributed by atoms with Gasteiger partial charge in [0.15, 0.2) is 5.78 Å². The molecule has 0 aromatic heterocycles. The van der Waals surface area contributed by atoms with E-state index in [1.165, 1.54) is 6.92 Å². The molecule has 1 atom stereocenters. The number of esters is 1. The van der Waals surface area contributed by atoms with Gasteiger partial charge in [0.2, 0.25) is 5.78 Å². The molecule has 0 aliphatic heterocycles. The summed E-state index contributed by atoms with van der Waals surface area (Å²) < 4.78 is 4.76. The lowest BCUT2D eigenvalue weighted by atomic mass is 9.80. The molecule has 0 saturated heterocycles. The SMILES string of the molecule is CC(=O)OCCC(C=O)c1c(O)cc2c(c1O)C(=O)c1c(O)cc(O)cc1C2=O. The van der Waals surface area contributed by atoms with Crippen LogP contribution in [0.15, 0.2) is 18.2 Å². The average Bonchev–Trinajstić information content (AvgIpc) is 2.63. The second kappa shape index (κ2) is 7.27. The molecule has 9 heteroatoms.